The zero-order chi connectivity index (χ0) is 8.10. The number of hydrogen-bond donors (Lipinski definition) is 0. The smallest absolute Gasteiger partial charge is 0.216 e. The van der Waals surface area contributed by atoms with Crippen LogP contribution in [0.15, 0.2) is 18.2 Å². The van der Waals surface area contributed by atoms with E-state index in [-0.39, 0.29) is 0 Å². The summed E-state index contributed by atoms with van der Waals surface area (Å²) < 4.78 is 10.1. The molecule has 0 aliphatic carbocycles. The SMILES string of the molecule is CCOc1cccc(OC)n1. The Morgan fingerprint density at radius 1 is 1.36 bits per heavy atom. The van der Waals surface area contributed by atoms with E-state index in [4.69, 9.17) is 9.47 Å². The van der Waals surface area contributed by atoms with Crippen molar-refractivity contribution < 1.29 is 9.47 Å². The number of hydrogen-bond acceptors (Lipinski definition) is 3. The molecule has 0 fully saturated rings. The topological polar surface area (TPSA) is 31.4 Å². The van der Waals surface area contributed by atoms with Gasteiger partial charge in [0.2, 0.25) is 11.8 Å². The summed E-state index contributed by atoms with van der Waals surface area (Å²) >= 11 is 0. The molecule has 0 aliphatic heterocycles. The highest BCUT2D eigenvalue weighted by Gasteiger charge is 1.94. The van der Waals surface area contributed by atoms with Gasteiger partial charge in [-0.15, -0.1) is 0 Å². The monoisotopic (exact) mass is 153 g/mol. The maximum absolute atomic E-state index is 5.16. The Labute approximate surface area is 66.0 Å². The van der Waals surface area contributed by atoms with Crippen LogP contribution in [0.1, 0.15) is 6.92 Å². The van der Waals surface area contributed by atoms with Gasteiger partial charge in [0, 0.05) is 12.1 Å². The molecule has 1 aromatic rings. The molecule has 0 saturated carbocycles. The zero-order valence-electron chi connectivity index (χ0n) is 6.70. The fourth-order valence-electron chi connectivity index (χ4n) is 0.738. The second-order valence-electron chi connectivity index (χ2n) is 1.95. The van der Waals surface area contributed by atoms with E-state index in [1.807, 2.05) is 13.0 Å². The average molecular weight is 153 g/mol. The molecule has 3 heteroatoms. The van der Waals surface area contributed by atoms with Crippen molar-refractivity contribution in [3.05, 3.63) is 18.2 Å². The van der Waals surface area contributed by atoms with Crippen LogP contribution in [0.2, 0.25) is 0 Å². The third kappa shape index (κ3) is 2.11. The van der Waals surface area contributed by atoms with E-state index in [0.29, 0.717) is 18.4 Å². The molecular formula is C8H11NO2. The largest absolute Gasteiger partial charge is 0.481 e. The van der Waals surface area contributed by atoms with Crippen molar-refractivity contribution in [3.63, 3.8) is 0 Å². The number of ether oxygens (including phenoxy) is 2. The highest BCUT2D eigenvalue weighted by molar-refractivity contribution is 5.19. The summed E-state index contributed by atoms with van der Waals surface area (Å²) in [6.07, 6.45) is 0. The molecule has 0 N–H and O–H groups in total. The van der Waals surface area contributed by atoms with Crippen LogP contribution in [-0.2, 0) is 0 Å². The Balaban J connectivity index is 2.74. The molecule has 0 amide bonds. The van der Waals surface area contributed by atoms with Gasteiger partial charge in [-0.2, -0.15) is 4.98 Å². The van der Waals surface area contributed by atoms with Crippen LogP contribution in [0.5, 0.6) is 11.8 Å². The molecule has 1 heterocycles. The molecule has 0 spiro atoms. The molecule has 60 valence electrons. The van der Waals surface area contributed by atoms with E-state index in [1.165, 1.54) is 0 Å². The molecule has 0 aliphatic rings. The molecule has 1 aromatic heterocycles. The lowest BCUT2D eigenvalue weighted by molar-refractivity contribution is 0.316. The Morgan fingerprint density at radius 2 is 2.09 bits per heavy atom. The van der Waals surface area contributed by atoms with Crippen molar-refractivity contribution in [1.29, 1.82) is 0 Å². The minimum atomic E-state index is 0.580. The van der Waals surface area contributed by atoms with Crippen molar-refractivity contribution >= 4 is 0 Å². The van der Waals surface area contributed by atoms with Gasteiger partial charge in [-0.3, -0.25) is 0 Å². The first-order valence-corrected chi connectivity index (χ1v) is 3.50. The molecule has 0 bridgehead atoms. The highest BCUT2D eigenvalue weighted by atomic mass is 16.5. The van der Waals surface area contributed by atoms with Crippen LogP contribution in [0.3, 0.4) is 0 Å². The van der Waals surface area contributed by atoms with Crippen molar-refractivity contribution in [1.82, 2.24) is 4.98 Å². The predicted octanol–water partition coefficient (Wildman–Crippen LogP) is 1.49. The van der Waals surface area contributed by atoms with Crippen molar-refractivity contribution in [2.45, 2.75) is 6.92 Å². The lowest BCUT2D eigenvalue weighted by Crippen LogP contribution is -1.95. The molecule has 0 aromatic carbocycles. The Kier molecular flexibility index (Phi) is 2.72. The van der Waals surface area contributed by atoms with Gasteiger partial charge in [0.25, 0.3) is 0 Å². The number of rotatable bonds is 3. The molecular weight excluding hydrogens is 142 g/mol. The third-order valence-corrected chi connectivity index (χ3v) is 1.20. The van der Waals surface area contributed by atoms with Crippen LogP contribution >= 0.6 is 0 Å². The molecule has 0 unspecified atom stereocenters. The highest BCUT2D eigenvalue weighted by Crippen LogP contribution is 2.12. The minimum absolute atomic E-state index is 0.580. The minimum Gasteiger partial charge on any atom is -0.481 e. The maximum atomic E-state index is 5.16. The van der Waals surface area contributed by atoms with Crippen LogP contribution in [0, 0.1) is 0 Å². The second kappa shape index (κ2) is 3.81. The maximum Gasteiger partial charge on any atom is 0.216 e. The quantitative estimate of drug-likeness (QED) is 0.659. The number of methoxy groups -OCH3 is 1. The van der Waals surface area contributed by atoms with E-state index >= 15 is 0 Å². The van der Waals surface area contributed by atoms with Crippen molar-refractivity contribution in [2.75, 3.05) is 13.7 Å². The van der Waals surface area contributed by atoms with Gasteiger partial charge in [0.1, 0.15) is 0 Å². The summed E-state index contributed by atoms with van der Waals surface area (Å²) in [7, 11) is 1.58. The normalized spacial score (nSPS) is 9.27. The molecule has 0 atom stereocenters. The summed E-state index contributed by atoms with van der Waals surface area (Å²) in [5.74, 6) is 1.18. The molecule has 3 nitrogen and oxygen atoms in total. The zero-order valence-corrected chi connectivity index (χ0v) is 6.70. The molecule has 0 radical (unpaired) electrons. The van der Waals surface area contributed by atoms with E-state index in [2.05, 4.69) is 4.98 Å². The Hall–Kier alpha value is -1.25. The fourth-order valence-corrected chi connectivity index (χ4v) is 0.738. The first-order chi connectivity index (χ1) is 5.36. The van der Waals surface area contributed by atoms with E-state index in [0.717, 1.165) is 0 Å². The first kappa shape index (κ1) is 7.85. The van der Waals surface area contributed by atoms with Crippen molar-refractivity contribution in [3.8, 4) is 11.8 Å². The first-order valence-electron chi connectivity index (χ1n) is 3.50. The van der Waals surface area contributed by atoms with Gasteiger partial charge in [0.05, 0.1) is 13.7 Å². The van der Waals surface area contributed by atoms with Crippen molar-refractivity contribution in [2.24, 2.45) is 0 Å². The van der Waals surface area contributed by atoms with Gasteiger partial charge in [0.15, 0.2) is 0 Å². The van der Waals surface area contributed by atoms with Gasteiger partial charge in [-0.1, -0.05) is 6.07 Å². The molecule has 1 rings (SSSR count). The fraction of sp³-hybridized carbons (Fsp3) is 0.375. The molecule has 11 heavy (non-hydrogen) atoms. The van der Waals surface area contributed by atoms with Crippen LogP contribution < -0.4 is 9.47 Å². The van der Waals surface area contributed by atoms with Gasteiger partial charge in [-0.25, -0.2) is 0 Å². The lowest BCUT2D eigenvalue weighted by atomic mass is 10.5. The van der Waals surface area contributed by atoms with Gasteiger partial charge >= 0.3 is 0 Å². The summed E-state index contributed by atoms with van der Waals surface area (Å²) in [4.78, 5) is 4.04. The Bertz CT molecular complexity index is 225. The summed E-state index contributed by atoms with van der Waals surface area (Å²) in [5, 5.41) is 0. The number of aromatic nitrogens is 1. The van der Waals surface area contributed by atoms with Crippen LogP contribution in [-0.4, -0.2) is 18.7 Å². The van der Waals surface area contributed by atoms with E-state index < -0.39 is 0 Å². The third-order valence-electron chi connectivity index (χ3n) is 1.20. The van der Waals surface area contributed by atoms with E-state index in [1.54, 1.807) is 19.2 Å². The number of pyridine rings is 1. The second-order valence-corrected chi connectivity index (χ2v) is 1.95. The number of nitrogens with zero attached hydrogens (tertiary/aromatic N) is 1. The summed E-state index contributed by atoms with van der Waals surface area (Å²) in [5.41, 5.74) is 0. The van der Waals surface area contributed by atoms with Crippen LogP contribution in [0.25, 0.3) is 0 Å². The van der Waals surface area contributed by atoms with Gasteiger partial charge < -0.3 is 9.47 Å². The summed E-state index contributed by atoms with van der Waals surface area (Å²) in [6, 6.07) is 5.42. The lowest BCUT2D eigenvalue weighted by Gasteiger charge is -2.02. The average Bonchev–Trinajstić information content (AvgIpc) is 2.06. The van der Waals surface area contributed by atoms with Crippen LogP contribution in [0.4, 0.5) is 0 Å². The summed E-state index contributed by atoms with van der Waals surface area (Å²) in [6.45, 7) is 2.54. The van der Waals surface area contributed by atoms with E-state index in [9.17, 15) is 0 Å². The Morgan fingerprint density at radius 3 is 2.73 bits per heavy atom. The molecule has 0 saturated heterocycles. The predicted molar refractivity (Wildman–Crippen MR) is 42.0 cm³/mol. The van der Waals surface area contributed by atoms with Gasteiger partial charge in [-0.05, 0) is 6.92 Å². The standard InChI is InChI=1S/C8H11NO2/c1-3-11-8-6-4-5-7(9-8)10-2/h4-6H,3H2,1-2H3.